The second kappa shape index (κ2) is 22.7. The molecule has 0 aromatic heterocycles. The summed E-state index contributed by atoms with van der Waals surface area (Å²) < 4.78 is 0. The molecule has 1 nitrogen and oxygen atoms in total. The molecule has 0 aliphatic rings. The highest BCUT2D eigenvalue weighted by Gasteiger charge is 1.64. The van der Waals surface area contributed by atoms with E-state index in [1.165, 1.54) is 0 Å². The molecule has 0 rings (SSSR count). The summed E-state index contributed by atoms with van der Waals surface area (Å²) in [6.45, 7) is 17.0. The van der Waals surface area contributed by atoms with Crippen molar-refractivity contribution in [2.45, 2.75) is 13.8 Å². The van der Waals surface area contributed by atoms with Crippen LogP contribution in [-0.4, -0.2) is 0 Å². The minimum Gasteiger partial charge on any atom is -0.193 e. The Balaban J connectivity index is -0.000000105. The van der Waals surface area contributed by atoms with Crippen LogP contribution in [0.15, 0.2) is 50.1 Å². The molecule has 0 saturated carbocycles. The molecule has 0 N–H and O–H groups in total. The van der Waals surface area contributed by atoms with Gasteiger partial charge in [0.05, 0.1) is 6.07 Å². The van der Waals surface area contributed by atoms with Crippen molar-refractivity contribution in [3.63, 3.8) is 0 Å². The summed E-state index contributed by atoms with van der Waals surface area (Å²) in [5.74, 6) is 0. The summed E-state index contributed by atoms with van der Waals surface area (Å²) >= 11 is 0. The molecule has 0 aliphatic heterocycles. The van der Waals surface area contributed by atoms with Gasteiger partial charge in [-0.2, -0.15) is 5.26 Å². The van der Waals surface area contributed by atoms with Crippen LogP contribution in [0.5, 0.6) is 0 Å². The third kappa shape index (κ3) is 223. The van der Waals surface area contributed by atoms with Gasteiger partial charge in [-0.25, -0.2) is 0 Å². The molecule has 0 aromatic rings. The summed E-state index contributed by atoms with van der Waals surface area (Å²) in [5, 5.41) is 7.79. The van der Waals surface area contributed by atoms with Gasteiger partial charge in [0.15, 0.2) is 0 Å². The summed E-state index contributed by atoms with van der Waals surface area (Å²) in [4.78, 5) is 0. The average molecular weight is 163 g/mol. The summed E-state index contributed by atoms with van der Waals surface area (Å²) in [6, 6.07) is 1.83. The molecule has 1 heteroatoms. The van der Waals surface area contributed by atoms with E-state index in [2.05, 4.69) is 26.3 Å². The lowest BCUT2D eigenvalue weighted by atomic mass is 10.4. The monoisotopic (exact) mass is 163 g/mol. The number of nitrogens with zero attached hydrogens (tertiary/aromatic N) is 1. The molecule has 0 heterocycles. The van der Waals surface area contributed by atoms with Gasteiger partial charge in [-0.3, -0.25) is 0 Å². The molecule has 12 heavy (non-hydrogen) atoms. The van der Waals surface area contributed by atoms with E-state index in [4.69, 9.17) is 5.26 Å². The zero-order valence-electron chi connectivity index (χ0n) is 8.01. The van der Waals surface area contributed by atoms with Crippen LogP contribution < -0.4 is 0 Å². The smallest absolute Gasteiger partial charge is 0.0937 e. The van der Waals surface area contributed by atoms with Gasteiger partial charge in [0.25, 0.3) is 0 Å². The SMILES string of the molecule is C=C(C)C#N.C=CC.C=CC=C. The highest BCUT2D eigenvalue weighted by atomic mass is 14.2. The molecule has 0 aromatic carbocycles. The number of nitriles is 1. The first kappa shape index (κ1) is 16.8. The van der Waals surface area contributed by atoms with Crippen molar-refractivity contribution >= 4 is 0 Å². The lowest BCUT2D eigenvalue weighted by molar-refractivity contribution is 1.46. The van der Waals surface area contributed by atoms with E-state index in [0.29, 0.717) is 5.57 Å². The highest BCUT2D eigenvalue weighted by Crippen LogP contribution is 1.74. The molecule has 0 atom stereocenters. The maximum absolute atomic E-state index is 7.79. The van der Waals surface area contributed by atoms with E-state index in [1.54, 1.807) is 25.2 Å². The fourth-order valence-electron chi connectivity index (χ4n) is 0. The molecular formula is C11H17N. The lowest BCUT2D eigenvalue weighted by Gasteiger charge is -1.61. The van der Waals surface area contributed by atoms with Crippen molar-refractivity contribution in [3.05, 3.63) is 50.1 Å². The number of hydrogen-bond acceptors (Lipinski definition) is 1. The topological polar surface area (TPSA) is 23.8 Å². The van der Waals surface area contributed by atoms with Gasteiger partial charge < -0.3 is 0 Å². The molecule has 0 spiro atoms. The molecule has 0 aliphatic carbocycles. The molecule has 0 saturated heterocycles. The Morgan fingerprint density at radius 1 is 1.25 bits per heavy atom. The van der Waals surface area contributed by atoms with E-state index in [0.717, 1.165) is 0 Å². The molecule has 0 amide bonds. The molecular weight excluding hydrogens is 146 g/mol. The fraction of sp³-hybridized carbons (Fsp3) is 0.182. The minimum absolute atomic E-state index is 0.560. The van der Waals surface area contributed by atoms with Crippen LogP contribution in [0.4, 0.5) is 0 Å². The maximum Gasteiger partial charge on any atom is 0.0937 e. The number of allylic oxidation sites excluding steroid dienone is 4. The maximum atomic E-state index is 7.79. The Hall–Kier alpha value is -1.55. The molecule has 66 valence electrons. The summed E-state index contributed by atoms with van der Waals surface area (Å²) in [7, 11) is 0. The van der Waals surface area contributed by atoms with Crippen molar-refractivity contribution in [3.8, 4) is 6.07 Å². The van der Waals surface area contributed by atoms with Crippen molar-refractivity contribution in [2.75, 3.05) is 0 Å². The zero-order valence-corrected chi connectivity index (χ0v) is 8.01. The van der Waals surface area contributed by atoms with E-state index in [1.807, 2.05) is 13.0 Å². The fourth-order valence-corrected chi connectivity index (χ4v) is 0. The van der Waals surface area contributed by atoms with Gasteiger partial charge in [0, 0.05) is 5.57 Å². The predicted molar refractivity (Wildman–Crippen MR) is 56.7 cm³/mol. The third-order valence-electron chi connectivity index (χ3n) is 0.358. The standard InChI is InChI=1S/C4H5N.C4H6.C3H6/c1-4(2)3-5;1-3-4-2;1-3-2/h1H2,2H3;3-4H,1-2H2;3H,1H2,2H3. The second-order valence-corrected chi connectivity index (χ2v) is 1.77. The predicted octanol–water partition coefficient (Wildman–Crippen LogP) is 3.64. The Morgan fingerprint density at radius 3 is 1.42 bits per heavy atom. The Labute approximate surface area is 76.0 Å². The first-order valence-electron chi connectivity index (χ1n) is 3.46. The van der Waals surface area contributed by atoms with Gasteiger partial charge in [-0.15, -0.1) is 6.58 Å². The molecule has 0 fully saturated rings. The Kier molecular flexibility index (Phi) is 31.8. The largest absolute Gasteiger partial charge is 0.193 e. The lowest BCUT2D eigenvalue weighted by Crippen LogP contribution is -1.51. The van der Waals surface area contributed by atoms with E-state index in [9.17, 15) is 0 Å². The van der Waals surface area contributed by atoms with Gasteiger partial charge in [0.2, 0.25) is 0 Å². The van der Waals surface area contributed by atoms with Crippen molar-refractivity contribution in [1.29, 1.82) is 5.26 Å². The number of hydrogen-bond donors (Lipinski definition) is 0. The zero-order chi connectivity index (χ0) is 10.4. The van der Waals surface area contributed by atoms with Crippen molar-refractivity contribution in [1.82, 2.24) is 0 Å². The van der Waals surface area contributed by atoms with Crippen LogP contribution >= 0.6 is 0 Å². The average Bonchev–Trinajstić information content (AvgIpc) is 2.06. The summed E-state index contributed by atoms with van der Waals surface area (Å²) in [5.41, 5.74) is 0.560. The van der Waals surface area contributed by atoms with Crippen LogP contribution in [0.25, 0.3) is 0 Å². The van der Waals surface area contributed by atoms with Gasteiger partial charge >= 0.3 is 0 Å². The molecule has 0 unspecified atom stereocenters. The van der Waals surface area contributed by atoms with Crippen LogP contribution in [0.1, 0.15) is 13.8 Å². The molecule has 0 bridgehead atoms. The van der Waals surface area contributed by atoms with Crippen LogP contribution in [0.3, 0.4) is 0 Å². The Bertz CT molecular complexity index is 164. The van der Waals surface area contributed by atoms with Crippen LogP contribution in [0.2, 0.25) is 0 Å². The highest BCUT2D eigenvalue weighted by molar-refractivity contribution is 5.11. The van der Waals surface area contributed by atoms with E-state index >= 15 is 0 Å². The second-order valence-electron chi connectivity index (χ2n) is 1.77. The van der Waals surface area contributed by atoms with Crippen molar-refractivity contribution < 1.29 is 0 Å². The van der Waals surface area contributed by atoms with Gasteiger partial charge in [-0.1, -0.05) is 38.0 Å². The first-order chi connectivity index (χ1) is 5.60. The van der Waals surface area contributed by atoms with Gasteiger partial charge in [0.1, 0.15) is 0 Å². The summed E-state index contributed by atoms with van der Waals surface area (Å²) in [6.07, 6.45) is 5.03. The minimum atomic E-state index is 0.560. The van der Waals surface area contributed by atoms with Crippen LogP contribution in [0, 0.1) is 11.3 Å². The first-order valence-corrected chi connectivity index (χ1v) is 3.46. The van der Waals surface area contributed by atoms with E-state index in [-0.39, 0.29) is 0 Å². The van der Waals surface area contributed by atoms with Crippen LogP contribution in [-0.2, 0) is 0 Å². The third-order valence-corrected chi connectivity index (χ3v) is 0.358. The normalized spacial score (nSPS) is 5.08. The van der Waals surface area contributed by atoms with Crippen molar-refractivity contribution in [2.24, 2.45) is 0 Å². The quantitative estimate of drug-likeness (QED) is 0.329. The van der Waals surface area contributed by atoms with Gasteiger partial charge in [-0.05, 0) is 13.8 Å². The number of rotatable bonds is 1. The van der Waals surface area contributed by atoms with E-state index < -0.39 is 0 Å². The Morgan fingerprint density at radius 2 is 1.42 bits per heavy atom. The molecule has 0 radical (unpaired) electrons.